The van der Waals surface area contributed by atoms with Crippen LogP contribution in [-0.2, 0) is 0 Å². The minimum atomic E-state index is 0.752. The zero-order chi connectivity index (χ0) is 12.3. The molecule has 2 fully saturated rings. The molecule has 2 aliphatic carbocycles. The van der Waals surface area contributed by atoms with E-state index in [4.69, 9.17) is 0 Å². The summed E-state index contributed by atoms with van der Waals surface area (Å²) in [4.78, 5) is 2.72. The van der Waals surface area contributed by atoms with Crippen LogP contribution in [0.1, 0.15) is 58.8 Å². The van der Waals surface area contributed by atoms with E-state index in [1.807, 2.05) is 0 Å². The van der Waals surface area contributed by atoms with E-state index in [0.717, 1.165) is 30.6 Å². The third-order valence-electron chi connectivity index (χ3n) is 4.95. The second-order valence-electron chi connectivity index (χ2n) is 6.25. The fourth-order valence-corrected chi connectivity index (χ4v) is 3.97. The molecule has 2 nitrogen and oxygen atoms in total. The van der Waals surface area contributed by atoms with Crippen LogP contribution in [0.2, 0.25) is 0 Å². The Kier molecular flexibility index (Phi) is 4.87. The molecule has 0 aromatic rings. The summed E-state index contributed by atoms with van der Waals surface area (Å²) in [6.07, 6.45) is 9.93. The standard InChI is InChI=1S/C15H30N2/c1-4-16-14-9-6-10-15(14)17(3)13-8-5-7-12(2)11-13/h12-16H,4-11H2,1-3H3. The first kappa shape index (κ1) is 13.4. The summed E-state index contributed by atoms with van der Waals surface area (Å²) >= 11 is 0. The highest BCUT2D eigenvalue weighted by atomic mass is 15.2. The van der Waals surface area contributed by atoms with Gasteiger partial charge in [0.15, 0.2) is 0 Å². The van der Waals surface area contributed by atoms with Crippen molar-refractivity contribution in [2.24, 2.45) is 5.92 Å². The fraction of sp³-hybridized carbons (Fsp3) is 1.00. The molecule has 2 heteroatoms. The molecule has 0 bridgehead atoms. The maximum atomic E-state index is 3.68. The summed E-state index contributed by atoms with van der Waals surface area (Å²) in [7, 11) is 2.38. The van der Waals surface area contributed by atoms with E-state index in [0.29, 0.717) is 0 Å². The Bertz CT molecular complexity index is 229. The number of likely N-dealkylation sites (N-methyl/N-ethyl adjacent to an activating group) is 2. The van der Waals surface area contributed by atoms with Gasteiger partial charge >= 0.3 is 0 Å². The monoisotopic (exact) mass is 238 g/mol. The van der Waals surface area contributed by atoms with Crippen molar-refractivity contribution in [2.45, 2.75) is 76.9 Å². The Hall–Kier alpha value is -0.0800. The summed E-state index contributed by atoms with van der Waals surface area (Å²) in [6.45, 7) is 5.78. The Morgan fingerprint density at radius 1 is 1.12 bits per heavy atom. The number of hydrogen-bond acceptors (Lipinski definition) is 2. The molecule has 0 saturated heterocycles. The van der Waals surface area contributed by atoms with Crippen molar-refractivity contribution in [2.75, 3.05) is 13.6 Å². The Morgan fingerprint density at radius 3 is 2.59 bits per heavy atom. The van der Waals surface area contributed by atoms with E-state index < -0.39 is 0 Å². The third kappa shape index (κ3) is 3.23. The lowest BCUT2D eigenvalue weighted by atomic mass is 9.85. The summed E-state index contributed by atoms with van der Waals surface area (Å²) in [6, 6.07) is 2.40. The molecule has 0 heterocycles. The topological polar surface area (TPSA) is 15.3 Å². The van der Waals surface area contributed by atoms with Crippen LogP contribution in [0.3, 0.4) is 0 Å². The Balaban J connectivity index is 1.91. The van der Waals surface area contributed by atoms with Gasteiger partial charge in [0.2, 0.25) is 0 Å². The van der Waals surface area contributed by atoms with Gasteiger partial charge in [-0.3, -0.25) is 4.90 Å². The molecule has 2 rings (SSSR count). The molecule has 1 N–H and O–H groups in total. The number of nitrogens with one attached hydrogen (secondary N) is 1. The normalized spacial score (nSPS) is 38.8. The molecule has 0 aromatic carbocycles. The minimum absolute atomic E-state index is 0.752. The van der Waals surface area contributed by atoms with E-state index in [-0.39, 0.29) is 0 Å². The highest BCUT2D eigenvalue weighted by Gasteiger charge is 2.34. The Labute approximate surface area is 107 Å². The fourth-order valence-electron chi connectivity index (χ4n) is 3.97. The van der Waals surface area contributed by atoms with Gasteiger partial charge in [-0.05, 0) is 45.2 Å². The van der Waals surface area contributed by atoms with Crippen LogP contribution in [-0.4, -0.2) is 36.6 Å². The SMILES string of the molecule is CCNC1CCCC1N(C)C1CCCC(C)C1. The largest absolute Gasteiger partial charge is 0.313 e. The van der Waals surface area contributed by atoms with Crippen LogP contribution in [0.15, 0.2) is 0 Å². The average molecular weight is 238 g/mol. The van der Waals surface area contributed by atoms with E-state index in [9.17, 15) is 0 Å². The van der Waals surface area contributed by atoms with Gasteiger partial charge in [0, 0.05) is 18.1 Å². The smallest absolute Gasteiger partial charge is 0.0249 e. The lowest BCUT2D eigenvalue weighted by Gasteiger charge is -2.40. The van der Waals surface area contributed by atoms with E-state index in [1.54, 1.807) is 0 Å². The van der Waals surface area contributed by atoms with Crippen molar-refractivity contribution in [3.05, 3.63) is 0 Å². The second-order valence-corrected chi connectivity index (χ2v) is 6.25. The summed E-state index contributed by atoms with van der Waals surface area (Å²) in [5.41, 5.74) is 0. The van der Waals surface area contributed by atoms with Gasteiger partial charge in [0.25, 0.3) is 0 Å². The third-order valence-corrected chi connectivity index (χ3v) is 4.95. The van der Waals surface area contributed by atoms with Gasteiger partial charge < -0.3 is 5.32 Å². The van der Waals surface area contributed by atoms with Gasteiger partial charge in [0.05, 0.1) is 0 Å². The molecule has 0 amide bonds. The van der Waals surface area contributed by atoms with Gasteiger partial charge in [-0.2, -0.15) is 0 Å². The zero-order valence-corrected chi connectivity index (χ0v) is 11.9. The quantitative estimate of drug-likeness (QED) is 0.810. The van der Waals surface area contributed by atoms with Crippen LogP contribution in [0.25, 0.3) is 0 Å². The summed E-state index contributed by atoms with van der Waals surface area (Å²) < 4.78 is 0. The van der Waals surface area contributed by atoms with Crippen LogP contribution in [0.4, 0.5) is 0 Å². The van der Waals surface area contributed by atoms with Crippen LogP contribution in [0.5, 0.6) is 0 Å². The van der Waals surface area contributed by atoms with Crippen LogP contribution < -0.4 is 5.32 Å². The number of hydrogen-bond donors (Lipinski definition) is 1. The first-order chi connectivity index (χ1) is 8.22. The molecular formula is C15H30N2. The van der Waals surface area contributed by atoms with Crippen LogP contribution in [0, 0.1) is 5.92 Å². The van der Waals surface area contributed by atoms with Gasteiger partial charge in [-0.25, -0.2) is 0 Å². The van der Waals surface area contributed by atoms with Gasteiger partial charge in [0.1, 0.15) is 0 Å². The van der Waals surface area contributed by atoms with Crippen molar-refractivity contribution < 1.29 is 0 Å². The summed E-state index contributed by atoms with van der Waals surface area (Å²) in [5, 5.41) is 3.68. The predicted octanol–water partition coefficient (Wildman–Crippen LogP) is 3.03. The second kappa shape index (κ2) is 6.19. The minimum Gasteiger partial charge on any atom is -0.313 e. The maximum absolute atomic E-state index is 3.68. The molecule has 2 saturated carbocycles. The van der Waals surface area contributed by atoms with E-state index in [2.05, 4.69) is 31.1 Å². The zero-order valence-electron chi connectivity index (χ0n) is 11.9. The van der Waals surface area contributed by atoms with E-state index in [1.165, 1.54) is 44.9 Å². The van der Waals surface area contributed by atoms with E-state index >= 15 is 0 Å². The van der Waals surface area contributed by atoms with Crippen molar-refractivity contribution in [1.29, 1.82) is 0 Å². The molecule has 4 unspecified atom stereocenters. The average Bonchev–Trinajstić information content (AvgIpc) is 2.77. The lowest BCUT2D eigenvalue weighted by Crippen LogP contribution is -2.50. The van der Waals surface area contributed by atoms with Crippen molar-refractivity contribution >= 4 is 0 Å². The van der Waals surface area contributed by atoms with Crippen molar-refractivity contribution in [1.82, 2.24) is 10.2 Å². The highest BCUT2D eigenvalue weighted by molar-refractivity contribution is 4.92. The molecule has 0 spiro atoms. The molecule has 17 heavy (non-hydrogen) atoms. The van der Waals surface area contributed by atoms with Crippen LogP contribution >= 0.6 is 0 Å². The molecule has 0 radical (unpaired) electrons. The molecule has 100 valence electrons. The summed E-state index contributed by atoms with van der Waals surface area (Å²) in [5.74, 6) is 0.940. The lowest BCUT2D eigenvalue weighted by molar-refractivity contribution is 0.106. The molecular weight excluding hydrogens is 208 g/mol. The Morgan fingerprint density at radius 2 is 1.88 bits per heavy atom. The number of nitrogens with zero attached hydrogens (tertiary/aromatic N) is 1. The first-order valence-electron chi connectivity index (χ1n) is 7.67. The molecule has 2 aliphatic rings. The molecule has 0 aliphatic heterocycles. The molecule has 0 aromatic heterocycles. The number of rotatable bonds is 4. The maximum Gasteiger partial charge on any atom is 0.0249 e. The highest BCUT2D eigenvalue weighted by Crippen LogP contribution is 2.32. The van der Waals surface area contributed by atoms with Gasteiger partial charge in [-0.15, -0.1) is 0 Å². The van der Waals surface area contributed by atoms with Gasteiger partial charge in [-0.1, -0.05) is 33.1 Å². The molecule has 4 atom stereocenters. The first-order valence-corrected chi connectivity index (χ1v) is 7.67. The predicted molar refractivity (Wildman–Crippen MR) is 74.3 cm³/mol. The van der Waals surface area contributed by atoms with Crippen molar-refractivity contribution in [3.63, 3.8) is 0 Å². The van der Waals surface area contributed by atoms with Crippen molar-refractivity contribution in [3.8, 4) is 0 Å².